The first-order chi connectivity index (χ1) is 10.2. The van der Waals surface area contributed by atoms with Crippen molar-refractivity contribution in [3.05, 3.63) is 53.9 Å². The van der Waals surface area contributed by atoms with Crippen LogP contribution >= 0.6 is 0 Å². The lowest BCUT2D eigenvalue weighted by atomic mass is 9.93. The average molecular weight is 287 g/mol. The maximum absolute atomic E-state index is 14.1. The predicted octanol–water partition coefficient (Wildman–Crippen LogP) is 3.03. The number of aromatic nitrogens is 2. The molecule has 1 aromatic carbocycles. The van der Waals surface area contributed by atoms with Gasteiger partial charge in [0, 0.05) is 38.4 Å². The molecule has 4 heteroatoms. The Morgan fingerprint density at radius 2 is 2.19 bits per heavy atom. The smallest absolute Gasteiger partial charge is 0.126 e. The van der Waals surface area contributed by atoms with Gasteiger partial charge in [-0.05, 0) is 36.8 Å². The molecular formula is C17H22FN3. The van der Waals surface area contributed by atoms with Gasteiger partial charge in [0.25, 0.3) is 0 Å². The number of benzene rings is 1. The van der Waals surface area contributed by atoms with E-state index in [1.54, 1.807) is 12.1 Å². The van der Waals surface area contributed by atoms with Gasteiger partial charge in [-0.25, -0.2) is 9.37 Å². The Hall–Kier alpha value is -1.68. The third-order valence-electron chi connectivity index (χ3n) is 4.21. The second-order valence-corrected chi connectivity index (χ2v) is 5.89. The molecule has 1 heterocycles. The van der Waals surface area contributed by atoms with Gasteiger partial charge in [-0.2, -0.15) is 0 Å². The fourth-order valence-corrected chi connectivity index (χ4v) is 2.71. The minimum atomic E-state index is -0.0973. The molecule has 112 valence electrons. The quantitative estimate of drug-likeness (QED) is 0.848. The number of halogens is 1. The summed E-state index contributed by atoms with van der Waals surface area (Å²) in [5.74, 6) is 1.16. The minimum Gasteiger partial charge on any atom is -0.338 e. The molecule has 21 heavy (non-hydrogen) atoms. The molecule has 3 nitrogen and oxygen atoms in total. The molecule has 0 spiro atoms. The molecule has 1 atom stereocenters. The van der Waals surface area contributed by atoms with Crippen molar-refractivity contribution in [1.82, 2.24) is 14.9 Å². The van der Waals surface area contributed by atoms with E-state index in [1.165, 1.54) is 12.8 Å². The van der Waals surface area contributed by atoms with Gasteiger partial charge in [0.1, 0.15) is 11.6 Å². The van der Waals surface area contributed by atoms with Gasteiger partial charge in [0.05, 0.1) is 0 Å². The Kier molecular flexibility index (Phi) is 4.34. The molecule has 0 amide bonds. The Morgan fingerprint density at radius 3 is 2.86 bits per heavy atom. The Balaban J connectivity index is 1.69. The highest BCUT2D eigenvalue weighted by molar-refractivity contribution is 5.22. The van der Waals surface area contributed by atoms with E-state index in [9.17, 15) is 4.39 Å². The highest BCUT2D eigenvalue weighted by atomic mass is 19.1. The summed E-state index contributed by atoms with van der Waals surface area (Å²) < 4.78 is 16.1. The van der Waals surface area contributed by atoms with Gasteiger partial charge in [-0.3, -0.25) is 0 Å². The Morgan fingerprint density at radius 1 is 1.38 bits per heavy atom. The third-order valence-corrected chi connectivity index (χ3v) is 4.21. The summed E-state index contributed by atoms with van der Waals surface area (Å²) in [5.41, 5.74) is 0.819. The number of rotatable bonds is 7. The van der Waals surface area contributed by atoms with E-state index in [2.05, 4.69) is 10.3 Å². The number of nitrogens with one attached hydrogen (secondary N) is 1. The van der Waals surface area contributed by atoms with Crippen molar-refractivity contribution in [3.63, 3.8) is 0 Å². The number of nitrogens with zero attached hydrogens (tertiary/aromatic N) is 2. The van der Waals surface area contributed by atoms with Crippen LogP contribution in [0.15, 0.2) is 36.7 Å². The minimum absolute atomic E-state index is 0.0973. The van der Waals surface area contributed by atoms with Crippen LogP contribution in [0.5, 0.6) is 0 Å². The van der Waals surface area contributed by atoms with Gasteiger partial charge in [-0.15, -0.1) is 0 Å². The van der Waals surface area contributed by atoms with Crippen molar-refractivity contribution < 1.29 is 4.39 Å². The summed E-state index contributed by atoms with van der Waals surface area (Å²) in [5, 5.41) is 3.53. The van der Waals surface area contributed by atoms with Crippen molar-refractivity contribution in [3.8, 4) is 0 Å². The predicted molar refractivity (Wildman–Crippen MR) is 81.7 cm³/mol. The summed E-state index contributed by atoms with van der Waals surface area (Å²) in [7, 11) is 2.00. The van der Waals surface area contributed by atoms with Crippen LogP contribution in [0.25, 0.3) is 0 Å². The molecule has 1 fully saturated rings. The maximum Gasteiger partial charge on any atom is 0.126 e. The largest absolute Gasteiger partial charge is 0.338 e. The van der Waals surface area contributed by atoms with Crippen molar-refractivity contribution in [2.45, 2.75) is 37.6 Å². The lowest BCUT2D eigenvalue weighted by Crippen LogP contribution is -2.24. The molecule has 0 aliphatic heterocycles. The highest BCUT2D eigenvalue weighted by Gasteiger charge is 2.23. The molecular weight excluding hydrogens is 265 g/mol. The molecule has 1 N–H and O–H groups in total. The molecule has 1 aromatic heterocycles. The van der Waals surface area contributed by atoms with E-state index in [0.717, 1.165) is 30.8 Å². The first-order valence-electron chi connectivity index (χ1n) is 7.68. The summed E-state index contributed by atoms with van der Waals surface area (Å²) in [6.45, 7) is 0.843. The second kappa shape index (κ2) is 6.39. The second-order valence-electron chi connectivity index (χ2n) is 5.89. The van der Waals surface area contributed by atoms with Gasteiger partial charge in [0.15, 0.2) is 0 Å². The van der Waals surface area contributed by atoms with Crippen molar-refractivity contribution in [1.29, 1.82) is 0 Å². The van der Waals surface area contributed by atoms with Crippen LogP contribution in [0, 0.1) is 5.82 Å². The molecule has 0 radical (unpaired) electrons. The maximum atomic E-state index is 14.1. The van der Waals surface area contributed by atoms with E-state index in [1.807, 2.05) is 36.1 Å². The lowest BCUT2D eigenvalue weighted by Gasteiger charge is -2.18. The number of hydrogen-bond acceptors (Lipinski definition) is 2. The highest BCUT2D eigenvalue weighted by Crippen LogP contribution is 2.26. The van der Waals surface area contributed by atoms with Crippen LogP contribution in [0.1, 0.15) is 36.6 Å². The SMILES string of the molecule is Cn1ccnc1CCC(CNC1CC1)c1ccccc1F. The van der Waals surface area contributed by atoms with Crippen LogP contribution in [0.3, 0.4) is 0 Å². The zero-order valence-electron chi connectivity index (χ0n) is 12.4. The van der Waals surface area contributed by atoms with E-state index in [0.29, 0.717) is 6.04 Å². The molecule has 0 bridgehead atoms. The molecule has 1 aliphatic carbocycles. The van der Waals surface area contributed by atoms with Crippen LogP contribution in [0.2, 0.25) is 0 Å². The fraction of sp³-hybridized carbons (Fsp3) is 0.471. The number of hydrogen-bond donors (Lipinski definition) is 1. The van der Waals surface area contributed by atoms with Gasteiger partial charge in [-0.1, -0.05) is 18.2 Å². The normalized spacial score (nSPS) is 16.1. The van der Waals surface area contributed by atoms with Gasteiger partial charge < -0.3 is 9.88 Å². The molecule has 1 saturated carbocycles. The van der Waals surface area contributed by atoms with E-state index in [4.69, 9.17) is 0 Å². The molecule has 3 rings (SSSR count). The van der Waals surface area contributed by atoms with Crippen LogP contribution in [-0.4, -0.2) is 22.1 Å². The summed E-state index contributed by atoms with van der Waals surface area (Å²) >= 11 is 0. The molecule has 0 saturated heterocycles. The Bertz CT molecular complexity index is 589. The van der Waals surface area contributed by atoms with Crippen molar-refractivity contribution >= 4 is 0 Å². The first kappa shape index (κ1) is 14.3. The number of aryl methyl sites for hydroxylation is 2. The summed E-state index contributed by atoms with van der Waals surface area (Å²) in [6.07, 6.45) is 8.05. The van der Waals surface area contributed by atoms with Crippen LogP contribution in [0.4, 0.5) is 4.39 Å². The molecule has 1 aliphatic rings. The average Bonchev–Trinajstić information content (AvgIpc) is 3.22. The monoisotopic (exact) mass is 287 g/mol. The topological polar surface area (TPSA) is 29.9 Å². The molecule has 1 unspecified atom stereocenters. The van der Waals surface area contributed by atoms with E-state index in [-0.39, 0.29) is 11.7 Å². The first-order valence-corrected chi connectivity index (χ1v) is 7.68. The lowest BCUT2D eigenvalue weighted by molar-refractivity contribution is 0.508. The van der Waals surface area contributed by atoms with Crippen LogP contribution < -0.4 is 5.32 Å². The van der Waals surface area contributed by atoms with Crippen molar-refractivity contribution in [2.24, 2.45) is 7.05 Å². The zero-order chi connectivity index (χ0) is 14.7. The van der Waals surface area contributed by atoms with Crippen molar-refractivity contribution in [2.75, 3.05) is 6.54 Å². The third kappa shape index (κ3) is 3.70. The van der Waals surface area contributed by atoms with Crippen LogP contribution in [-0.2, 0) is 13.5 Å². The standard InChI is InChI=1S/C17H22FN3/c1-21-11-10-19-17(21)9-6-13(12-20-14-7-8-14)15-4-2-3-5-16(15)18/h2-5,10-11,13-14,20H,6-9,12H2,1H3. The van der Waals surface area contributed by atoms with Gasteiger partial charge in [0.2, 0.25) is 0 Å². The fourth-order valence-electron chi connectivity index (χ4n) is 2.71. The van der Waals surface area contributed by atoms with Gasteiger partial charge >= 0.3 is 0 Å². The zero-order valence-corrected chi connectivity index (χ0v) is 12.4. The van der Waals surface area contributed by atoms with E-state index >= 15 is 0 Å². The summed E-state index contributed by atoms with van der Waals surface area (Å²) in [6, 6.07) is 7.78. The Labute approximate surface area is 125 Å². The van der Waals surface area contributed by atoms with E-state index < -0.39 is 0 Å². The molecule has 2 aromatic rings. The number of imidazole rings is 1. The summed E-state index contributed by atoms with van der Waals surface area (Å²) in [4.78, 5) is 4.36.